The highest BCUT2D eigenvalue weighted by molar-refractivity contribution is 7.90. The lowest BCUT2D eigenvalue weighted by atomic mass is 10.1. The maximum atomic E-state index is 12.5. The summed E-state index contributed by atoms with van der Waals surface area (Å²) >= 11 is 0. The van der Waals surface area contributed by atoms with Crippen molar-refractivity contribution in [1.29, 1.82) is 0 Å². The molecule has 0 atom stereocenters. The van der Waals surface area contributed by atoms with Crippen molar-refractivity contribution in [2.24, 2.45) is 10.1 Å². The Morgan fingerprint density at radius 3 is 2.54 bits per heavy atom. The molecule has 0 saturated carbocycles. The topological polar surface area (TPSA) is 113 Å². The molecule has 0 amide bonds. The van der Waals surface area contributed by atoms with E-state index in [2.05, 4.69) is 19.7 Å². The van der Waals surface area contributed by atoms with Crippen molar-refractivity contribution in [2.45, 2.75) is 4.90 Å². The Balaban J connectivity index is 1.63. The van der Waals surface area contributed by atoms with E-state index >= 15 is 0 Å². The smallest absolute Gasteiger partial charge is 0.285 e. The predicted molar refractivity (Wildman–Crippen MR) is 102 cm³/mol. The van der Waals surface area contributed by atoms with Crippen LogP contribution in [-0.4, -0.2) is 24.3 Å². The summed E-state index contributed by atoms with van der Waals surface area (Å²) in [6, 6.07) is 19.7. The number of benzene rings is 3. The minimum Gasteiger partial charge on any atom is -0.369 e. The molecular formula is C18H15N5O2S. The first-order valence-corrected chi connectivity index (χ1v) is 9.26. The van der Waals surface area contributed by atoms with Crippen molar-refractivity contribution >= 4 is 43.7 Å². The number of aromatic amines is 1. The molecule has 4 aromatic rings. The second kappa shape index (κ2) is 6.16. The maximum absolute atomic E-state index is 12.5. The highest BCUT2D eigenvalue weighted by atomic mass is 32.2. The Morgan fingerprint density at radius 1 is 1.00 bits per heavy atom. The van der Waals surface area contributed by atoms with Crippen molar-refractivity contribution in [3.8, 4) is 0 Å². The van der Waals surface area contributed by atoms with Gasteiger partial charge in [-0.1, -0.05) is 42.5 Å². The summed E-state index contributed by atoms with van der Waals surface area (Å²) in [6.07, 6.45) is 0. The molecule has 0 fully saturated rings. The van der Waals surface area contributed by atoms with Gasteiger partial charge in [-0.2, -0.15) is 8.42 Å². The van der Waals surface area contributed by atoms with Gasteiger partial charge in [0, 0.05) is 0 Å². The van der Waals surface area contributed by atoms with E-state index in [1.165, 1.54) is 6.07 Å². The van der Waals surface area contributed by atoms with E-state index in [0.29, 0.717) is 5.95 Å². The van der Waals surface area contributed by atoms with Crippen molar-refractivity contribution in [3.63, 3.8) is 0 Å². The summed E-state index contributed by atoms with van der Waals surface area (Å²) in [5, 5.41) is 4.44. The van der Waals surface area contributed by atoms with Crippen LogP contribution >= 0.6 is 0 Å². The minimum atomic E-state index is -3.94. The number of nitrogens with zero attached hydrogens (tertiary/aromatic N) is 2. The quantitative estimate of drug-likeness (QED) is 0.382. The van der Waals surface area contributed by atoms with Crippen LogP contribution in [0, 0.1) is 0 Å². The van der Waals surface area contributed by atoms with Crippen molar-refractivity contribution < 1.29 is 8.42 Å². The zero-order chi connectivity index (χ0) is 18.1. The summed E-state index contributed by atoms with van der Waals surface area (Å²) in [4.78, 5) is 7.35. The van der Waals surface area contributed by atoms with Crippen LogP contribution in [0.4, 0.5) is 5.95 Å². The lowest BCUT2D eigenvalue weighted by Gasteiger charge is -2.04. The van der Waals surface area contributed by atoms with Crippen LogP contribution in [0.15, 0.2) is 76.0 Å². The number of anilines is 1. The van der Waals surface area contributed by atoms with Crippen LogP contribution < -0.4 is 11.1 Å². The minimum absolute atomic E-state index is 0.0746. The number of nitrogens with two attached hydrogens (primary N) is 1. The molecule has 0 radical (unpaired) electrons. The van der Waals surface area contributed by atoms with Gasteiger partial charge < -0.3 is 10.7 Å². The highest BCUT2D eigenvalue weighted by Crippen LogP contribution is 2.20. The van der Waals surface area contributed by atoms with Gasteiger partial charge in [0.15, 0.2) is 0 Å². The van der Waals surface area contributed by atoms with E-state index in [1.54, 1.807) is 12.1 Å². The monoisotopic (exact) mass is 365 g/mol. The third-order valence-electron chi connectivity index (χ3n) is 3.87. The zero-order valence-electron chi connectivity index (χ0n) is 13.5. The van der Waals surface area contributed by atoms with E-state index < -0.39 is 10.0 Å². The first-order valence-electron chi connectivity index (χ1n) is 7.82. The molecule has 130 valence electrons. The number of guanidine groups is 1. The fourth-order valence-corrected chi connectivity index (χ4v) is 3.59. The maximum Gasteiger partial charge on any atom is 0.285 e. The van der Waals surface area contributed by atoms with Gasteiger partial charge in [-0.05, 0) is 35.0 Å². The molecule has 0 bridgehead atoms. The van der Waals surface area contributed by atoms with Crippen molar-refractivity contribution in [1.82, 2.24) is 9.97 Å². The molecule has 3 aromatic carbocycles. The lowest BCUT2D eigenvalue weighted by Crippen LogP contribution is -2.24. The molecule has 0 aliphatic heterocycles. The Labute approximate surface area is 149 Å². The molecule has 0 spiro atoms. The van der Waals surface area contributed by atoms with E-state index in [1.807, 2.05) is 48.5 Å². The number of nitrogens with one attached hydrogen (secondary N) is 2. The molecule has 7 nitrogen and oxygen atoms in total. The van der Waals surface area contributed by atoms with Gasteiger partial charge in [-0.25, -0.2) is 4.98 Å². The number of imidazole rings is 1. The number of hydrogen-bond acceptors (Lipinski definition) is 3. The molecule has 0 unspecified atom stereocenters. The Bertz CT molecular complexity index is 1210. The molecule has 4 rings (SSSR count). The highest BCUT2D eigenvalue weighted by Gasteiger charge is 2.15. The average molecular weight is 365 g/mol. The fraction of sp³-hybridized carbons (Fsp3) is 0. The third kappa shape index (κ3) is 3.09. The summed E-state index contributed by atoms with van der Waals surface area (Å²) < 4.78 is 28.7. The van der Waals surface area contributed by atoms with Gasteiger partial charge in [0.05, 0.1) is 15.9 Å². The molecule has 0 aliphatic rings. The first-order chi connectivity index (χ1) is 12.5. The van der Waals surface area contributed by atoms with Gasteiger partial charge in [-0.3, -0.25) is 5.32 Å². The van der Waals surface area contributed by atoms with Gasteiger partial charge in [0.2, 0.25) is 11.9 Å². The summed E-state index contributed by atoms with van der Waals surface area (Å²) in [5.41, 5.74) is 7.31. The average Bonchev–Trinajstić information content (AvgIpc) is 3.02. The number of H-pyrrole nitrogens is 1. The van der Waals surface area contributed by atoms with Crippen LogP contribution in [0.5, 0.6) is 0 Å². The summed E-state index contributed by atoms with van der Waals surface area (Å²) in [6.45, 7) is 0. The SMILES string of the molecule is N/C(=N\S(=O)(=O)c1ccc2ccccc2c1)Nc1nc2ccccc2[nH]1. The summed E-state index contributed by atoms with van der Waals surface area (Å²) in [5.74, 6) is 0.0541. The first kappa shape index (κ1) is 16.1. The molecule has 8 heteroatoms. The predicted octanol–water partition coefficient (Wildman–Crippen LogP) is 2.83. The number of sulfonamides is 1. The molecule has 4 N–H and O–H groups in total. The zero-order valence-corrected chi connectivity index (χ0v) is 14.4. The van der Waals surface area contributed by atoms with Crippen molar-refractivity contribution in [2.75, 3.05) is 5.32 Å². The number of fused-ring (bicyclic) bond motifs is 2. The molecule has 0 saturated heterocycles. The second-order valence-electron chi connectivity index (χ2n) is 5.69. The van der Waals surface area contributed by atoms with Crippen LogP contribution in [0.3, 0.4) is 0 Å². The van der Waals surface area contributed by atoms with Crippen LogP contribution in [0.25, 0.3) is 21.8 Å². The Morgan fingerprint density at radius 2 is 1.73 bits per heavy atom. The Hall–Kier alpha value is -3.39. The third-order valence-corrected chi connectivity index (χ3v) is 5.16. The van der Waals surface area contributed by atoms with Gasteiger partial charge in [0.25, 0.3) is 10.0 Å². The van der Waals surface area contributed by atoms with E-state index in [9.17, 15) is 8.42 Å². The fourth-order valence-electron chi connectivity index (χ4n) is 2.67. The number of rotatable bonds is 3. The number of para-hydroxylation sites is 2. The molecule has 26 heavy (non-hydrogen) atoms. The van der Waals surface area contributed by atoms with Gasteiger partial charge >= 0.3 is 0 Å². The number of aromatic nitrogens is 2. The van der Waals surface area contributed by atoms with Crippen LogP contribution in [-0.2, 0) is 10.0 Å². The molecule has 1 heterocycles. The lowest BCUT2D eigenvalue weighted by molar-refractivity contribution is 0.598. The molecular weight excluding hydrogens is 350 g/mol. The normalized spacial score (nSPS) is 12.5. The molecule has 0 aliphatic carbocycles. The van der Waals surface area contributed by atoms with Gasteiger partial charge in [0.1, 0.15) is 0 Å². The van der Waals surface area contributed by atoms with Crippen molar-refractivity contribution in [3.05, 3.63) is 66.7 Å². The summed E-state index contributed by atoms with van der Waals surface area (Å²) in [7, 11) is -3.94. The van der Waals surface area contributed by atoms with E-state index in [-0.39, 0.29) is 10.9 Å². The molecule has 1 aromatic heterocycles. The second-order valence-corrected chi connectivity index (χ2v) is 7.29. The number of hydrogen-bond donors (Lipinski definition) is 3. The Kier molecular flexibility index (Phi) is 3.81. The standard InChI is InChI=1S/C18H15N5O2S/c19-17(22-18-20-15-7-3-4-8-16(15)21-18)23-26(24,25)14-10-9-12-5-1-2-6-13(12)11-14/h1-11H,(H4,19,20,21,22,23). The van der Waals surface area contributed by atoms with Gasteiger partial charge in [-0.15, -0.1) is 4.40 Å². The van der Waals surface area contributed by atoms with E-state index in [4.69, 9.17) is 5.73 Å². The van der Waals surface area contributed by atoms with Crippen LogP contribution in [0.1, 0.15) is 0 Å². The largest absolute Gasteiger partial charge is 0.369 e. The van der Waals surface area contributed by atoms with Crippen LogP contribution in [0.2, 0.25) is 0 Å². The van der Waals surface area contributed by atoms with E-state index in [0.717, 1.165) is 21.8 Å².